The van der Waals surface area contributed by atoms with Crippen LogP contribution < -0.4 is 19.5 Å². The van der Waals surface area contributed by atoms with Gasteiger partial charge in [-0.2, -0.15) is 0 Å². The van der Waals surface area contributed by atoms with Crippen molar-refractivity contribution in [2.24, 2.45) is 0 Å². The summed E-state index contributed by atoms with van der Waals surface area (Å²) in [5.74, 6) is 2.12. The average Bonchev–Trinajstić information content (AvgIpc) is 3.22. The summed E-state index contributed by atoms with van der Waals surface area (Å²) in [5, 5.41) is 2.90. The van der Waals surface area contributed by atoms with Gasteiger partial charge in [0.2, 0.25) is 6.79 Å². The fourth-order valence-corrected chi connectivity index (χ4v) is 3.24. The Morgan fingerprint density at radius 1 is 0.897 bits per heavy atom. The molecule has 1 aliphatic rings. The first-order valence-electron chi connectivity index (χ1n) is 9.68. The molecule has 0 saturated heterocycles. The summed E-state index contributed by atoms with van der Waals surface area (Å²) in [6.45, 7) is 0.791. The zero-order valence-electron chi connectivity index (χ0n) is 16.1. The number of carbonyl (C=O) groups is 1. The first-order chi connectivity index (χ1) is 14.3. The van der Waals surface area contributed by atoms with Crippen LogP contribution in [0.2, 0.25) is 0 Å². The number of hydrogen-bond acceptors (Lipinski definition) is 4. The van der Waals surface area contributed by atoms with Crippen molar-refractivity contribution in [3.8, 4) is 17.2 Å². The van der Waals surface area contributed by atoms with E-state index in [1.54, 1.807) is 0 Å². The Hall–Kier alpha value is -3.47. The first-order valence-corrected chi connectivity index (χ1v) is 9.68. The maximum Gasteiger partial charge on any atom is 0.257 e. The van der Waals surface area contributed by atoms with Crippen molar-refractivity contribution in [2.75, 3.05) is 19.9 Å². The van der Waals surface area contributed by atoms with Gasteiger partial charge in [-0.25, -0.2) is 0 Å². The summed E-state index contributed by atoms with van der Waals surface area (Å²) < 4.78 is 16.5. The van der Waals surface area contributed by atoms with Crippen molar-refractivity contribution >= 4 is 5.91 Å². The van der Waals surface area contributed by atoms with E-state index in [1.807, 2.05) is 60.7 Å². The van der Waals surface area contributed by atoms with Crippen molar-refractivity contribution in [3.63, 3.8) is 0 Å². The molecule has 1 amide bonds. The summed E-state index contributed by atoms with van der Waals surface area (Å²) in [5.41, 5.74) is 3.35. The van der Waals surface area contributed by atoms with Gasteiger partial charge in [0.25, 0.3) is 5.91 Å². The largest absolute Gasteiger partial charge is 0.483 e. The van der Waals surface area contributed by atoms with E-state index in [0.29, 0.717) is 13.0 Å². The van der Waals surface area contributed by atoms with Crippen molar-refractivity contribution in [1.29, 1.82) is 0 Å². The fourth-order valence-electron chi connectivity index (χ4n) is 3.24. The van der Waals surface area contributed by atoms with Gasteiger partial charge in [0.1, 0.15) is 5.75 Å². The number of para-hydroxylation sites is 1. The molecule has 148 valence electrons. The zero-order valence-corrected chi connectivity index (χ0v) is 16.1. The third-order valence-corrected chi connectivity index (χ3v) is 4.74. The third-order valence-electron chi connectivity index (χ3n) is 4.74. The zero-order chi connectivity index (χ0) is 19.9. The van der Waals surface area contributed by atoms with Crippen LogP contribution in [-0.2, 0) is 17.6 Å². The molecule has 0 spiro atoms. The first kappa shape index (κ1) is 18.9. The maximum atomic E-state index is 12.2. The minimum Gasteiger partial charge on any atom is -0.483 e. The number of amides is 1. The Kier molecular flexibility index (Phi) is 5.95. The summed E-state index contributed by atoms with van der Waals surface area (Å²) in [6, 6.07) is 23.9. The smallest absolute Gasteiger partial charge is 0.257 e. The minimum absolute atomic E-state index is 0.00700. The van der Waals surface area contributed by atoms with Gasteiger partial charge in [0.05, 0.1) is 0 Å². The van der Waals surface area contributed by atoms with E-state index >= 15 is 0 Å². The van der Waals surface area contributed by atoms with Gasteiger partial charge in [0, 0.05) is 13.0 Å². The lowest BCUT2D eigenvalue weighted by molar-refractivity contribution is -0.123. The van der Waals surface area contributed by atoms with Crippen LogP contribution in [0.5, 0.6) is 17.2 Å². The number of hydrogen-bond donors (Lipinski definition) is 1. The quantitative estimate of drug-likeness (QED) is 0.638. The molecule has 0 fully saturated rings. The Labute approximate surface area is 170 Å². The molecular formula is C24H23NO4. The second-order valence-corrected chi connectivity index (χ2v) is 6.85. The second kappa shape index (κ2) is 9.15. The highest BCUT2D eigenvalue weighted by atomic mass is 16.7. The standard InChI is InChI=1S/C24H23NO4/c26-24(25-13-12-19-10-11-22-23(15-19)29-17-28-22)16-27-21-9-5-4-8-20(21)14-18-6-2-1-3-7-18/h1-11,15H,12-14,16-17H2,(H,25,26). The predicted molar refractivity (Wildman–Crippen MR) is 110 cm³/mol. The molecule has 1 N–H and O–H groups in total. The molecule has 0 saturated carbocycles. The molecule has 0 unspecified atom stereocenters. The summed E-state index contributed by atoms with van der Waals surface area (Å²) in [7, 11) is 0. The topological polar surface area (TPSA) is 56.8 Å². The fraction of sp³-hybridized carbons (Fsp3) is 0.208. The van der Waals surface area contributed by atoms with Gasteiger partial charge in [-0.05, 0) is 41.3 Å². The number of benzene rings is 3. The van der Waals surface area contributed by atoms with Crippen LogP contribution in [0.15, 0.2) is 72.8 Å². The molecule has 0 radical (unpaired) electrons. The summed E-state index contributed by atoms with van der Waals surface area (Å²) >= 11 is 0. The third kappa shape index (κ3) is 5.08. The van der Waals surface area contributed by atoms with Gasteiger partial charge < -0.3 is 19.5 Å². The lowest BCUT2D eigenvalue weighted by Crippen LogP contribution is -2.30. The van der Waals surface area contributed by atoms with Crippen molar-refractivity contribution < 1.29 is 19.0 Å². The van der Waals surface area contributed by atoms with Gasteiger partial charge >= 0.3 is 0 Å². The van der Waals surface area contributed by atoms with Crippen LogP contribution in [0.3, 0.4) is 0 Å². The van der Waals surface area contributed by atoms with E-state index in [9.17, 15) is 4.79 Å². The van der Waals surface area contributed by atoms with Gasteiger partial charge in [-0.3, -0.25) is 4.79 Å². The highest BCUT2D eigenvalue weighted by Gasteiger charge is 2.13. The van der Waals surface area contributed by atoms with E-state index in [4.69, 9.17) is 14.2 Å². The molecule has 1 aliphatic heterocycles. The lowest BCUT2D eigenvalue weighted by Gasteiger charge is -2.12. The van der Waals surface area contributed by atoms with E-state index in [-0.39, 0.29) is 19.3 Å². The monoisotopic (exact) mass is 389 g/mol. The van der Waals surface area contributed by atoms with Gasteiger partial charge in [-0.15, -0.1) is 0 Å². The molecule has 0 aliphatic carbocycles. The van der Waals surface area contributed by atoms with Crippen molar-refractivity contribution in [3.05, 3.63) is 89.5 Å². The molecule has 5 nitrogen and oxygen atoms in total. The Morgan fingerprint density at radius 3 is 2.59 bits per heavy atom. The van der Waals surface area contributed by atoms with Crippen LogP contribution in [-0.4, -0.2) is 25.9 Å². The molecule has 0 aromatic heterocycles. The van der Waals surface area contributed by atoms with Crippen LogP contribution in [0.1, 0.15) is 16.7 Å². The SMILES string of the molecule is O=C(COc1ccccc1Cc1ccccc1)NCCc1ccc2c(c1)OCO2. The van der Waals surface area contributed by atoms with Crippen LogP contribution in [0, 0.1) is 0 Å². The molecule has 0 atom stereocenters. The number of fused-ring (bicyclic) bond motifs is 1. The Balaban J connectivity index is 1.25. The van der Waals surface area contributed by atoms with Crippen molar-refractivity contribution in [1.82, 2.24) is 5.32 Å². The molecule has 1 heterocycles. The molecular weight excluding hydrogens is 366 g/mol. The minimum atomic E-state index is -0.139. The van der Waals surface area contributed by atoms with Crippen LogP contribution in [0.25, 0.3) is 0 Å². The van der Waals surface area contributed by atoms with Crippen LogP contribution in [0.4, 0.5) is 0 Å². The van der Waals surface area contributed by atoms with E-state index in [2.05, 4.69) is 17.4 Å². The Morgan fingerprint density at radius 2 is 1.69 bits per heavy atom. The highest BCUT2D eigenvalue weighted by Crippen LogP contribution is 2.32. The normalized spacial score (nSPS) is 11.9. The van der Waals surface area contributed by atoms with Crippen molar-refractivity contribution in [2.45, 2.75) is 12.8 Å². The summed E-state index contributed by atoms with van der Waals surface area (Å²) in [4.78, 5) is 12.2. The van der Waals surface area contributed by atoms with E-state index in [1.165, 1.54) is 5.56 Å². The molecule has 3 aromatic rings. The highest BCUT2D eigenvalue weighted by molar-refractivity contribution is 5.77. The number of ether oxygens (including phenoxy) is 3. The number of carbonyl (C=O) groups excluding carboxylic acids is 1. The summed E-state index contributed by atoms with van der Waals surface area (Å²) in [6.07, 6.45) is 1.48. The maximum absolute atomic E-state index is 12.2. The Bertz CT molecular complexity index is 972. The molecule has 0 bridgehead atoms. The van der Waals surface area contributed by atoms with E-state index < -0.39 is 0 Å². The predicted octanol–water partition coefficient (Wildman–Crippen LogP) is 3.74. The second-order valence-electron chi connectivity index (χ2n) is 6.85. The van der Waals surface area contributed by atoms with Gasteiger partial charge in [-0.1, -0.05) is 54.6 Å². The molecule has 3 aromatic carbocycles. The van der Waals surface area contributed by atoms with E-state index in [0.717, 1.165) is 34.8 Å². The molecule has 29 heavy (non-hydrogen) atoms. The average molecular weight is 389 g/mol. The molecule has 4 rings (SSSR count). The number of rotatable bonds is 8. The lowest BCUT2D eigenvalue weighted by atomic mass is 10.0. The molecule has 5 heteroatoms. The van der Waals surface area contributed by atoms with Crippen LogP contribution >= 0.6 is 0 Å². The number of nitrogens with one attached hydrogen (secondary N) is 1. The van der Waals surface area contributed by atoms with Gasteiger partial charge in [0.15, 0.2) is 18.1 Å².